The van der Waals surface area contributed by atoms with Crippen LogP contribution in [0.1, 0.15) is 34.3 Å². The zero-order valence-corrected chi connectivity index (χ0v) is 17.8. The Kier molecular flexibility index (Phi) is 6.61. The van der Waals surface area contributed by atoms with Gasteiger partial charge in [0.05, 0.1) is 0 Å². The van der Waals surface area contributed by atoms with E-state index in [1.165, 1.54) is 0 Å². The number of thiol groups is 1. The molecule has 160 valence electrons. The van der Waals surface area contributed by atoms with Crippen LogP contribution in [-0.4, -0.2) is 35.6 Å². The third-order valence-electron chi connectivity index (χ3n) is 5.64. The van der Waals surface area contributed by atoms with Crippen molar-refractivity contribution in [2.75, 3.05) is 13.2 Å². The quantitative estimate of drug-likeness (QED) is 0.422. The minimum atomic E-state index is -1.16. The molecule has 1 aliphatic rings. The van der Waals surface area contributed by atoms with Crippen LogP contribution < -0.4 is 5.32 Å². The lowest BCUT2D eigenvalue weighted by Gasteiger charge is -2.20. The smallest absolute Gasteiger partial charge is 0.407 e. The van der Waals surface area contributed by atoms with Gasteiger partial charge in [0.25, 0.3) is 0 Å². The number of alkyl carbamates (subject to hydrolysis) is 1. The molecule has 3 aromatic rings. The molecule has 0 heterocycles. The summed E-state index contributed by atoms with van der Waals surface area (Å²) in [6.45, 7) is 0.0748. The number of aliphatic hydroxyl groups is 2. The molecule has 0 radical (unpaired) electrons. The van der Waals surface area contributed by atoms with Gasteiger partial charge in [-0.2, -0.15) is 12.6 Å². The molecular formula is C25H25NO4S. The molecule has 3 aromatic carbocycles. The highest BCUT2D eigenvalue weighted by molar-refractivity contribution is 7.79. The normalized spacial score (nSPS) is 14.4. The summed E-state index contributed by atoms with van der Waals surface area (Å²) in [6, 6.07) is 23.5. The van der Waals surface area contributed by atoms with Crippen LogP contribution in [0.25, 0.3) is 11.1 Å². The van der Waals surface area contributed by atoms with E-state index in [0.717, 1.165) is 27.8 Å². The number of carbonyl (C=O) groups is 1. The second-order valence-electron chi connectivity index (χ2n) is 7.62. The maximum Gasteiger partial charge on any atom is 0.407 e. The van der Waals surface area contributed by atoms with Crippen molar-refractivity contribution in [3.05, 3.63) is 95.1 Å². The van der Waals surface area contributed by atoms with Crippen LogP contribution in [0, 0.1) is 0 Å². The zero-order chi connectivity index (χ0) is 21.8. The van der Waals surface area contributed by atoms with E-state index in [-0.39, 0.29) is 19.1 Å². The summed E-state index contributed by atoms with van der Waals surface area (Å²) in [7, 11) is 0. The maximum atomic E-state index is 12.3. The number of carbonyl (C=O) groups excluding carboxylic acids is 1. The van der Waals surface area contributed by atoms with Gasteiger partial charge in [0.15, 0.2) is 0 Å². The van der Waals surface area contributed by atoms with Gasteiger partial charge in [-0.15, -0.1) is 0 Å². The van der Waals surface area contributed by atoms with Gasteiger partial charge in [-0.1, -0.05) is 72.8 Å². The molecule has 2 atom stereocenters. The molecule has 0 saturated carbocycles. The van der Waals surface area contributed by atoms with E-state index in [2.05, 4.69) is 42.2 Å². The van der Waals surface area contributed by atoms with Crippen LogP contribution in [0.3, 0.4) is 0 Å². The van der Waals surface area contributed by atoms with Crippen molar-refractivity contribution >= 4 is 18.7 Å². The van der Waals surface area contributed by atoms with Gasteiger partial charge < -0.3 is 20.3 Å². The van der Waals surface area contributed by atoms with Gasteiger partial charge in [0, 0.05) is 18.2 Å². The summed E-state index contributed by atoms with van der Waals surface area (Å²) in [6.07, 6.45) is -2.90. The number of benzene rings is 3. The van der Waals surface area contributed by atoms with Crippen LogP contribution in [-0.2, 0) is 10.5 Å². The second kappa shape index (κ2) is 9.56. The summed E-state index contributed by atoms with van der Waals surface area (Å²) in [5.41, 5.74) is 6.11. The van der Waals surface area contributed by atoms with Crippen molar-refractivity contribution in [2.24, 2.45) is 0 Å². The van der Waals surface area contributed by atoms with Gasteiger partial charge in [0.1, 0.15) is 18.8 Å². The van der Waals surface area contributed by atoms with Crippen molar-refractivity contribution in [3.8, 4) is 11.1 Å². The van der Waals surface area contributed by atoms with E-state index in [1.807, 2.05) is 30.3 Å². The first-order valence-corrected chi connectivity index (χ1v) is 10.9. The molecule has 0 aliphatic heterocycles. The molecular weight excluding hydrogens is 410 g/mol. The van der Waals surface area contributed by atoms with E-state index in [1.54, 1.807) is 18.2 Å². The standard InChI is InChI=1S/C25H25NO4S/c27-23(24(28)17-7-5-6-16(12-17)15-31)13-26-25(29)30-14-22-20-10-3-1-8-18(20)19-9-2-4-11-21(19)22/h1-12,22-24,27-28,31H,13-15H2,(H,26,29). The van der Waals surface area contributed by atoms with Gasteiger partial charge >= 0.3 is 6.09 Å². The molecule has 0 bridgehead atoms. The molecule has 2 unspecified atom stereocenters. The van der Waals surface area contributed by atoms with E-state index in [0.29, 0.717) is 11.3 Å². The monoisotopic (exact) mass is 435 g/mol. The van der Waals surface area contributed by atoms with E-state index >= 15 is 0 Å². The highest BCUT2D eigenvalue weighted by Gasteiger charge is 2.29. The van der Waals surface area contributed by atoms with Gasteiger partial charge in [-0.25, -0.2) is 4.79 Å². The fraction of sp³-hybridized carbons (Fsp3) is 0.240. The molecule has 0 spiro atoms. The predicted octanol–water partition coefficient (Wildman–Crippen LogP) is 4.05. The van der Waals surface area contributed by atoms with Gasteiger partial charge in [-0.3, -0.25) is 0 Å². The molecule has 6 heteroatoms. The summed E-state index contributed by atoms with van der Waals surface area (Å²) in [5, 5.41) is 23.2. The van der Waals surface area contributed by atoms with Crippen molar-refractivity contribution in [1.82, 2.24) is 5.32 Å². The minimum absolute atomic E-state index is 0.0300. The Morgan fingerprint density at radius 3 is 2.26 bits per heavy atom. The highest BCUT2D eigenvalue weighted by atomic mass is 32.1. The molecule has 0 fully saturated rings. The number of hydrogen-bond acceptors (Lipinski definition) is 5. The Balaban J connectivity index is 1.33. The third kappa shape index (κ3) is 4.61. The number of nitrogens with one attached hydrogen (secondary N) is 1. The second-order valence-corrected chi connectivity index (χ2v) is 7.94. The predicted molar refractivity (Wildman–Crippen MR) is 123 cm³/mol. The summed E-state index contributed by atoms with van der Waals surface area (Å²) >= 11 is 4.22. The Morgan fingerprint density at radius 2 is 1.61 bits per heavy atom. The lowest BCUT2D eigenvalue weighted by atomic mass is 9.98. The van der Waals surface area contributed by atoms with Crippen molar-refractivity contribution in [1.29, 1.82) is 0 Å². The summed E-state index contributed by atoms with van der Waals surface area (Å²) in [4.78, 5) is 12.3. The van der Waals surface area contributed by atoms with Gasteiger partial charge in [-0.05, 0) is 33.4 Å². The molecule has 0 saturated heterocycles. The molecule has 0 aromatic heterocycles. The average molecular weight is 436 g/mol. The Morgan fingerprint density at radius 1 is 0.968 bits per heavy atom. The fourth-order valence-electron chi connectivity index (χ4n) is 4.05. The SMILES string of the molecule is O=C(NCC(O)C(O)c1cccc(CS)c1)OCC1c2ccccc2-c2ccccc21. The van der Waals surface area contributed by atoms with E-state index in [4.69, 9.17) is 4.74 Å². The lowest BCUT2D eigenvalue weighted by molar-refractivity contribution is 0.0185. The molecule has 5 nitrogen and oxygen atoms in total. The molecule has 3 N–H and O–H groups in total. The van der Waals surface area contributed by atoms with Crippen LogP contribution in [0.15, 0.2) is 72.8 Å². The fourth-order valence-corrected chi connectivity index (χ4v) is 4.24. The van der Waals surface area contributed by atoms with Crippen LogP contribution in [0.5, 0.6) is 0 Å². The average Bonchev–Trinajstić information content (AvgIpc) is 3.14. The largest absolute Gasteiger partial charge is 0.449 e. The summed E-state index contributed by atoms with van der Waals surface area (Å²) < 4.78 is 5.46. The first-order valence-electron chi connectivity index (χ1n) is 10.2. The topological polar surface area (TPSA) is 78.8 Å². The van der Waals surface area contributed by atoms with Crippen LogP contribution in [0.2, 0.25) is 0 Å². The van der Waals surface area contributed by atoms with E-state index < -0.39 is 18.3 Å². The number of hydrogen-bond donors (Lipinski definition) is 4. The minimum Gasteiger partial charge on any atom is -0.449 e. The maximum absolute atomic E-state index is 12.3. The number of amides is 1. The highest BCUT2D eigenvalue weighted by Crippen LogP contribution is 2.44. The lowest BCUT2D eigenvalue weighted by Crippen LogP contribution is -2.36. The van der Waals surface area contributed by atoms with Gasteiger partial charge in [0.2, 0.25) is 0 Å². The van der Waals surface area contributed by atoms with Crippen molar-refractivity contribution in [2.45, 2.75) is 23.9 Å². The molecule has 31 heavy (non-hydrogen) atoms. The van der Waals surface area contributed by atoms with Crippen molar-refractivity contribution in [3.63, 3.8) is 0 Å². The van der Waals surface area contributed by atoms with Crippen LogP contribution >= 0.6 is 12.6 Å². The Hall–Kier alpha value is -2.80. The van der Waals surface area contributed by atoms with Crippen LogP contribution in [0.4, 0.5) is 4.79 Å². The van der Waals surface area contributed by atoms with E-state index in [9.17, 15) is 15.0 Å². The Bertz CT molecular complexity index is 1030. The number of ether oxygens (including phenoxy) is 1. The summed E-state index contributed by atoms with van der Waals surface area (Å²) in [5.74, 6) is 0.506. The van der Waals surface area contributed by atoms with Crippen molar-refractivity contribution < 1.29 is 19.7 Å². The molecule has 1 aliphatic carbocycles. The molecule has 4 rings (SSSR count). The number of rotatable bonds is 7. The number of fused-ring (bicyclic) bond motifs is 3. The molecule has 1 amide bonds. The zero-order valence-electron chi connectivity index (χ0n) is 16.9. The third-order valence-corrected chi connectivity index (χ3v) is 6.00. The number of aliphatic hydroxyl groups excluding tert-OH is 2. The Labute approximate surface area is 187 Å². The first kappa shape index (κ1) is 21.4. The first-order chi connectivity index (χ1) is 15.1.